The van der Waals surface area contributed by atoms with Gasteiger partial charge >= 0.3 is 6.36 Å². The number of rotatable bonds is 4. The molecule has 0 aromatic heterocycles. The molecular weight excluding hydrogens is 307 g/mol. The summed E-state index contributed by atoms with van der Waals surface area (Å²) in [4.78, 5) is 0. The molecule has 2 rings (SSSR count). The molecular formula is C14H19ClF3NO2. The minimum absolute atomic E-state index is 0. The van der Waals surface area contributed by atoms with Gasteiger partial charge in [-0.05, 0) is 55.5 Å². The molecule has 21 heavy (non-hydrogen) atoms. The van der Waals surface area contributed by atoms with Crippen LogP contribution in [0, 0.1) is 5.41 Å². The van der Waals surface area contributed by atoms with E-state index in [1.807, 2.05) is 0 Å². The molecule has 1 fully saturated rings. The predicted molar refractivity (Wildman–Crippen MR) is 75.7 cm³/mol. The lowest BCUT2D eigenvalue weighted by Crippen LogP contribution is -2.40. The molecule has 1 heterocycles. The van der Waals surface area contributed by atoms with E-state index >= 15 is 0 Å². The molecule has 1 aliphatic heterocycles. The molecule has 7 heteroatoms. The Kier molecular flexibility index (Phi) is 6.31. The molecule has 1 aromatic carbocycles. The van der Waals surface area contributed by atoms with Crippen LogP contribution in [0.2, 0.25) is 0 Å². The van der Waals surface area contributed by atoms with Crippen molar-refractivity contribution in [1.82, 2.24) is 5.32 Å². The number of ether oxygens (including phenoxy) is 1. The van der Waals surface area contributed by atoms with Gasteiger partial charge in [0.2, 0.25) is 0 Å². The normalized spacial score (nSPS) is 17.9. The maximum atomic E-state index is 12.2. The average molecular weight is 326 g/mol. The molecule has 120 valence electrons. The average Bonchev–Trinajstić information content (AvgIpc) is 2.38. The number of alkyl halides is 3. The van der Waals surface area contributed by atoms with Gasteiger partial charge in [-0.1, -0.05) is 12.1 Å². The summed E-state index contributed by atoms with van der Waals surface area (Å²) in [7, 11) is 0. The molecule has 3 nitrogen and oxygen atoms in total. The Morgan fingerprint density at radius 2 is 1.90 bits per heavy atom. The van der Waals surface area contributed by atoms with E-state index in [0.717, 1.165) is 31.5 Å². The lowest BCUT2D eigenvalue weighted by atomic mass is 9.75. The lowest BCUT2D eigenvalue weighted by Gasteiger charge is -2.36. The first-order valence-corrected chi connectivity index (χ1v) is 6.59. The molecule has 1 aromatic rings. The number of hydrogen-bond donors (Lipinski definition) is 2. The number of nitrogens with one attached hydrogen (secondary N) is 1. The Bertz CT molecular complexity index is 448. The van der Waals surface area contributed by atoms with E-state index < -0.39 is 6.36 Å². The van der Waals surface area contributed by atoms with Gasteiger partial charge < -0.3 is 15.2 Å². The topological polar surface area (TPSA) is 41.5 Å². The van der Waals surface area contributed by atoms with Gasteiger partial charge in [-0.25, -0.2) is 0 Å². The molecule has 1 aliphatic rings. The van der Waals surface area contributed by atoms with E-state index in [4.69, 9.17) is 0 Å². The van der Waals surface area contributed by atoms with Crippen LogP contribution < -0.4 is 10.1 Å². The number of benzene rings is 1. The molecule has 2 N–H and O–H groups in total. The van der Waals surface area contributed by atoms with Gasteiger partial charge in [0.25, 0.3) is 0 Å². The van der Waals surface area contributed by atoms with E-state index in [1.165, 1.54) is 12.1 Å². The van der Waals surface area contributed by atoms with Crippen LogP contribution in [-0.2, 0) is 6.42 Å². The molecule has 0 bridgehead atoms. The third kappa shape index (κ3) is 5.37. The second-order valence-corrected chi connectivity index (χ2v) is 5.28. The zero-order valence-corrected chi connectivity index (χ0v) is 12.3. The van der Waals surface area contributed by atoms with Gasteiger partial charge in [0.05, 0.1) is 0 Å². The van der Waals surface area contributed by atoms with E-state index in [1.54, 1.807) is 12.1 Å². The maximum Gasteiger partial charge on any atom is 0.573 e. The zero-order chi connectivity index (χ0) is 14.6. The van der Waals surface area contributed by atoms with Crippen LogP contribution in [0.25, 0.3) is 0 Å². The molecule has 1 saturated heterocycles. The minimum atomic E-state index is -4.68. The van der Waals surface area contributed by atoms with Crippen LogP contribution in [0.1, 0.15) is 18.4 Å². The number of aliphatic hydroxyl groups excluding tert-OH is 1. The summed E-state index contributed by atoms with van der Waals surface area (Å²) in [6, 6.07) is 5.99. The van der Waals surface area contributed by atoms with Crippen LogP contribution in [0.5, 0.6) is 5.75 Å². The lowest BCUT2D eigenvalue weighted by molar-refractivity contribution is -0.274. The Morgan fingerprint density at radius 1 is 1.24 bits per heavy atom. The fraction of sp³-hybridized carbons (Fsp3) is 0.571. The SMILES string of the molecule is Cl.OCC1(Cc2cccc(OC(F)(F)F)c2)CCNCC1. The number of halogens is 4. The highest BCUT2D eigenvalue weighted by Gasteiger charge is 2.33. The van der Waals surface area contributed by atoms with Crippen LogP contribution >= 0.6 is 12.4 Å². The first kappa shape index (κ1) is 18.1. The van der Waals surface area contributed by atoms with Crippen molar-refractivity contribution >= 4 is 12.4 Å². The van der Waals surface area contributed by atoms with Crippen LogP contribution in [0.4, 0.5) is 13.2 Å². The van der Waals surface area contributed by atoms with Crippen LogP contribution in [0.3, 0.4) is 0 Å². The summed E-state index contributed by atoms with van der Waals surface area (Å²) in [5.74, 6) is -0.211. The fourth-order valence-electron chi connectivity index (χ4n) is 2.63. The Labute approximate surface area is 127 Å². The van der Waals surface area contributed by atoms with Crippen molar-refractivity contribution in [2.24, 2.45) is 5.41 Å². The van der Waals surface area contributed by atoms with Crippen molar-refractivity contribution in [3.05, 3.63) is 29.8 Å². The molecule has 0 unspecified atom stereocenters. The molecule has 0 radical (unpaired) electrons. The highest BCUT2D eigenvalue weighted by molar-refractivity contribution is 5.85. The van der Waals surface area contributed by atoms with Crippen molar-refractivity contribution in [2.75, 3.05) is 19.7 Å². The van der Waals surface area contributed by atoms with Gasteiger partial charge in [0.15, 0.2) is 0 Å². The zero-order valence-electron chi connectivity index (χ0n) is 11.4. The third-order valence-electron chi connectivity index (χ3n) is 3.71. The molecule has 0 atom stereocenters. The monoisotopic (exact) mass is 325 g/mol. The van der Waals surface area contributed by atoms with Gasteiger partial charge in [-0.15, -0.1) is 25.6 Å². The number of aliphatic hydroxyl groups is 1. The Hall–Kier alpha value is -0.980. The van der Waals surface area contributed by atoms with Gasteiger partial charge in [0, 0.05) is 6.61 Å². The van der Waals surface area contributed by atoms with Crippen molar-refractivity contribution < 1.29 is 23.0 Å². The largest absolute Gasteiger partial charge is 0.573 e. The smallest absolute Gasteiger partial charge is 0.406 e. The predicted octanol–water partition coefficient (Wildman–Crippen LogP) is 2.91. The molecule has 0 amide bonds. The van der Waals surface area contributed by atoms with Crippen molar-refractivity contribution in [2.45, 2.75) is 25.6 Å². The fourth-order valence-corrected chi connectivity index (χ4v) is 2.63. The second-order valence-electron chi connectivity index (χ2n) is 5.28. The highest BCUT2D eigenvalue weighted by atomic mass is 35.5. The molecule has 0 saturated carbocycles. The molecule has 0 aliphatic carbocycles. The van der Waals surface area contributed by atoms with Gasteiger partial charge in [-0.3, -0.25) is 0 Å². The third-order valence-corrected chi connectivity index (χ3v) is 3.71. The van der Waals surface area contributed by atoms with E-state index in [2.05, 4.69) is 10.1 Å². The first-order valence-electron chi connectivity index (χ1n) is 6.59. The van der Waals surface area contributed by atoms with Crippen molar-refractivity contribution in [1.29, 1.82) is 0 Å². The number of hydrogen-bond acceptors (Lipinski definition) is 3. The van der Waals surface area contributed by atoms with Crippen LogP contribution in [0.15, 0.2) is 24.3 Å². The number of piperidine rings is 1. The summed E-state index contributed by atoms with van der Waals surface area (Å²) >= 11 is 0. The highest BCUT2D eigenvalue weighted by Crippen LogP contribution is 2.33. The summed E-state index contributed by atoms with van der Waals surface area (Å²) in [5.41, 5.74) is 0.505. The van der Waals surface area contributed by atoms with E-state index in [0.29, 0.717) is 6.42 Å². The van der Waals surface area contributed by atoms with Crippen molar-refractivity contribution in [3.63, 3.8) is 0 Å². The summed E-state index contributed by atoms with van der Waals surface area (Å²) < 4.78 is 40.5. The Balaban J connectivity index is 0.00000220. The van der Waals surface area contributed by atoms with Gasteiger partial charge in [-0.2, -0.15) is 0 Å². The minimum Gasteiger partial charge on any atom is -0.406 e. The first-order chi connectivity index (χ1) is 9.42. The summed E-state index contributed by atoms with van der Waals surface area (Å²) in [6.45, 7) is 1.68. The van der Waals surface area contributed by atoms with E-state index in [-0.39, 0.29) is 30.2 Å². The van der Waals surface area contributed by atoms with Gasteiger partial charge in [0.1, 0.15) is 5.75 Å². The standard InChI is InChI=1S/C14H18F3NO2.ClH/c15-14(16,17)20-12-3-1-2-11(8-12)9-13(10-19)4-6-18-7-5-13;/h1-3,8,18-19H,4-7,9-10H2;1H. The maximum absolute atomic E-state index is 12.2. The quantitative estimate of drug-likeness (QED) is 0.894. The summed E-state index contributed by atoms with van der Waals surface area (Å²) in [6.07, 6.45) is -2.50. The van der Waals surface area contributed by atoms with E-state index in [9.17, 15) is 18.3 Å². The molecule has 0 spiro atoms. The van der Waals surface area contributed by atoms with Crippen LogP contribution in [-0.4, -0.2) is 31.2 Å². The Morgan fingerprint density at radius 3 is 2.48 bits per heavy atom. The second kappa shape index (κ2) is 7.33. The summed E-state index contributed by atoms with van der Waals surface area (Å²) in [5, 5.41) is 12.8. The van der Waals surface area contributed by atoms with Crippen molar-refractivity contribution in [3.8, 4) is 5.75 Å².